The summed E-state index contributed by atoms with van der Waals surface area (Å²) in [6, 6.07) is 5.76. The predicted octanol–water partition coefficient (Wildman–Crippen LogP) is 3.91. The number of aromatic nitrogens is 2. The summed E-state index contributed by atoms with van der Waals surface area (Å²) < 4.78 is 3.43. The van der Waals surface area contributed by atoms with E-state index < -0.39 is 0 Å². The lowest BCUT2D eigenvalue weighted by molar-refractivity contribution is 0.0774. The first kappa shape index (κ1) is 18.8. The van der Waals surface area contributed by atoms with Gasteiger partial charge in [-0.05, 0) is 42.5 Å². The van der Waals surface area contributed by atoms with Gasteiger partial charge in [0.1, 0.15) is 0 Å². The number of rotatable bonds is 2. The fraction of sp³-hybridized carbons (Fsp3) is 0.364. The number of aryl methyl sites for hydroxylation is 3. The van der Waals surface area contributed by atoms with E-state index in [1.54, 1.807) is 17.8 Å². The number of carbonyl (C=O) groups is 1. The summed E-state index contributed by atoms with van der Waals surface area (Å²) in [4.78, 5) is 28.1. The quantitative estimate of drug-likeness (QED) is 0.619. The Hall–Kier alpha value is -2.24. The largest absolute Gasteiger partial charge is 0.349 e. The van der Waals surface area contributed by atoms with E-state index in [1.807, 2.05) is 47.8 Å². The Labute approximate surface area is 178 Å². The van der Waals surface area contributed by atoms with Crippen LogP contribution in [0.2, 0.25) is 10.0 Å². The Morgan fingerprint density at radius 3 is 2.62 bits per heavy atom. The van der Waals surface area contributed by atoms with Crippen molar-refractivity contribution < 1.29 is 4.79 Å². The standard InChI is InChI=1S/C22H21Cl2N3O2/c1-12-8-26(3)21(29)18-15(10-25(2)19(12)18)20(28)27-9-14-7-22(14,11-27)13-4-5-16(23)17(24)6-13/h4-6,8,10,14H,7,9,11H2,1-3H3/t14-,22+/m0/s1. The molecule has 1 saturated carbocycles. The van der Waals surface area contributed by atoms with Crippen LogP contribution < -0.4 is 5.56 Å². The Balaban J connectivity index is 1.52. The van der Waals surface area contributed by atoms with Crippen LogP contribution in [0.5, 0.6) is 0 Å². The summed E-state index contributed by atoms with van der Waals surface area (Å²) in [5, 5.41) is 1.59. The third-order valence-corrected chi connectivity index (χ3v) is 7.37. The molecule has 7 heteroatoms. The first-order valence-corrected chi connectivity index (χ1v) is 10.4. The number of hydrogen-bond donors (Lipinski definition) is 0. The SMILES string of the molecule is Cc1cn(C)c(=O)c2c(C(=O)N3C[C@@H]4C[C@]4(c4ccc(Cl)c(Cl)c4)C3)cn(C)c12. The van der Waals surface area contributed by atoms with Gasteiger partial charge in [-0.3, -0.25) is 9.59 Å². The van der Waals surface area contributed by atoms with Crippen LogP contribution in [-0.4, -0.2) is 33.0 Å². The predicted molar refractivity (Wildman–Crippen MR) is 115 cm³/mol. The average molecular weight is 430 g/mol. The third-order valence-electron chi connectivity index (χ3n) is 6.63. The molecule has 3 aromatic rings. The summed E-state index contributed by atoms with van der Waals surface area (Å²) in [5.74, 6) is 0.341. The van der Waals surface area contributed by atoms with Gasteiger partial charge in [0.15, 0.2) is 0 Å². The number of nitrogens with zero attached hydrogens (tertiary/aromatic N) is 3. The molecule has 1 aliphatic heterocycles. The summed E-state index contributed by atoms with van der Waals surface area (Å²) in [5.41, 5.74) is 3.22. The van der Waals surface area contributed by atoms with E-state index in [0.29, 0.717) is 40.0 Å². The molecule has 3 heterocycles. The molecule has 29 heavy (non-hydrogen) atoms. The first-order chi connectivity index (χ1) is 13.7. The van der Waals surface area contributed by atoms with E-state index in [-0.39, 0.29) is 16.9 Å². The Kier molecular flexibility index (Phi) is 3.97. The number of piperidine rings is 1. The third kappa shape index (κ3) is 2.60. The Morgan fingerprint density at radius 2 is 1.90 bits per heavy atom. The van der Waals surface area contributed by atoms with Crippen molar-refractivity contribution in [2.45, 2.75) is 18.8 Å². The van der Waals surface area contributed by atoms with Crippen molar-refractivity contribution in [3.63, 3.8) is 0 Å². The molecule has 1 saturated heterocycles. The normalized spacial score (nSPS) is 22.9. The lowest BCUT2D eigenvalue weighted by Gasteiger charge is -2.21. The fourth-order valence-electron chi connectivity index (χ4n) is 5.13. The molecule has 2 atom stereocenters. The van der Waals surface area contributed by atoms with Crippen molar-refractivity contribution in [1.29, 1.82) is 0 Å². The topological polar surface area (TPSA) is 47.2 Å². The minimum Gasteiger partial charge on any atom is -0.349 e. The minimum atomic E-state index is -0.141. The van der Waals surface area contributed by atoms with Gasteiger partial charge in [0.25, 0.3) is 11.5 Å². The van der Waals surface area contributed by atoms with E-state index in [1.165, 1.54) is 0 Å². The highest BCUT2D eigenvalue weighted by molar-refractivity contribution is 6.42. The van der Waals surface area contributed by atoms with Crippen molar-refractivity contribution in [2.75, 3.05) is 13.1 Å². The molecule has 150 valence electrons. The fourth-order valence-corrected chi connectivity index (χ4v) is 5.43. The monoisotopic (exact) mass is 429 g/mol. The van der Waals surface area contributed by atoms with Crippen LogP contribution in [0.15, 0.2) is 35.4 Å². The summed E-state index contributed by atoms with van der Waals surface area (Å²) in [7, 11) is 3.60. The smallest absolute Gasteiger partial charge is 0.260 e. The highest BCUT2D eigenvalue weighted by Gasteiger charge is 2.61. The maximum absolute atomic E-state index is 13.4. The molecular weight excluding hydrogens is 409 g/mol. The van der Waals surface area contributed by atoms with Gasteiger partial charge >= 0.3 is 0 Å². The van der Waals surface area contributed by atoms with E-state index in [9.17, 15) is 9.59 Å². The Morgan fingerprint density at radius 1 is 1.14 bits per heavy atom. The maximum atomic E-state index is 13.4. The van der Waals surface area contributed by atoms with Crippen LogP contribution in [0.3, 0.4) is 0 Å². The molecule has 0 bridgehead atoms. The molecule has 2 aromatic heterocycles. The number of fused-ring (bicyclic) bond motifs is 2. The van der Waals surface area contributed by atoms with Crippen LogP contribution in [-0.2, 0) is 19.5 Å². The van der Waals surface area contributed by atoms with Crippen molar-refractivity contribution in [2.24, 2.45) is 20.0 Å². The maximum Gasteiger partial charge on any atom is 0.260 e. The highest BCUT2D eigenvalue weighted by atomic mass is 35.5. The molecule has 1 amide bonds. The number of likely N-dealkylation sites (tertiary alicyclic amines) is 1. The number of benzene rings is 1. The second kappa shape index (κ2) is 6.13. The summed E-state index contributed by atoms with van der Waals surface area (Å²) >= 11 is 12.3. The first-order valence-electron chi connectivity index (χ1n) is 9.63. The molecule has 5 nitrogen and oxygen atoms in total. The molecule has 1 aliphatic carbocycles. The van der Waals surface area contributed by atoms with E-state index in [4.69, 9.17) is 23.2 Å². The number of hydrogen-bond acceptors (Lipinski definition) is 2. The van der Waals surface area contributed by atoms with Gasteiger partial charge in [0.2, 0.25) is 0 Å². The van der Waals surface area contributed by atoms with E-state index in [0.717, 1.165) is 23.1 Å². The van der Waals surface area contributed by atoms with Gasteiger partial charge in [-0.2, -0.15) is 0 Å². The Bertz CT molecular complexity index is 1260. The molecule has 2 fully saturated rings. The van der Waals surface area contributed by atoms with Gasteiger partial charge in [-0.1, -0.05) is 29.3 Å². The van der Waals surface area contributed by atoms with Crippen LogP contribution in [0.4, 0.5) is 0 Å². The zero-order valence-electron chi connectivity index (χ0n) is 16.5. The molecule has 0 spiro atoms. The van der Waals surface area contributed by atoms with Crippen LogP contribution >= 0.6 is 23.2 Å². The molecule has 0 unspecified atom stereocenters. The second-order valence-electron chi connectivity index (χ2n) is 8.48. The number of halogens is 2. The number of carbonyl (C=O) groups excluding carboxylic acids is 1. The van der Waals surface area contributed by atoms with Gasteiger partial charge in [-0.15, -0.1) is 0 Å². The molecule has 0 radical (unpaired) electrons. The highest BCUT2D eigenvalue weighted by Crippen LogP contribution is 2.59. The van der Waals surface area contributed by atoms with Crippen LogP contribution in [0, 0.1) is 12.8 Å². The molecule has 1 aromatic carbocycles. The van der Waals surface area contributed by atoms with Gasteiger partial charge in [-0.25, -0.2) is 0 Å². The molecular formula is C22H21Cl2N3O2. The molecule has 5 rings (SSSR count). The lowest BCUT2D eigenvalue weighted by atomic mass is 9.95. The zero-order chi connectivity index (χ0) is 20.7. The number of amides is 1. The van der Waals surface area contributed by atoms with Crippen molar-refractivity contribution in [3.8, 4) is 0 Å². The van der Waals surface area contributed by atoms with Crippen molar-refractivity contribution in [3.05, 3.63) is 67.7 Å². The second-order valence-corrected chi connectivity index (χ2v) is 9.29. The van der Waals surface area contributed by atoms with E-state index in [2.05, 4.69) is 0 Å². The minimum absolute atomic E-state index is 0.0463. The van der Waals surface area contributed by atoms with Gasteiger partial charge < -0.3 is 14.0 Å². The van der Waals surface area contributed by atoms with Gasteiger partial charge in [0.05, 0.1) is 26.5 Å². The van der Waals surface area contributed by atoms with Crippen LogP contribution in [0.25, 0.3) is 10.9 Å². The summed E-state index contributed by atoms with van der Waals surface area (Å²) in [6.07, 6.45) is 4.64. The van der Waals surface area contributed by atoms with E-state index >= 15 is 0 Å². The van der Waals surface area contributed by atoms with Crippen LogP contribution in [0.1, 0.15) is 27.9 Å². The van der Waals surface area contributed by atoms with Crippen molar-refractivity contribution >= 4 is 40.0 Å². The summed E-state index contributed by atoms with van der Waals surface area (Å²) in [6.45, 7) is 3.29. The van der Waals surface area contributed by atoms with Gasteiger partial charge in [0, 0.05) is 45.0 Å². The molecule has 2 aliphatic rings. The zero-order valence-corrected chi connectivity index (χ0v) is 18.0. The lowest BCUT2D eigenvalue weighted by Crippen LogP contribution is -2.33. The molecule has 0 N–H and O–H groups in total. The van der Waals surface area contributed by atoms with Crippen molar-refractivity contribution in [1.82, 2.24) is 14.0 Å². The number of pyridine rings is 1. The average Bonchev–Trinajstić information content (AvgIpc) is 3.06.